The number of hydrogen-bond acceptors (Lipinski definition) is 4. The van der Waals surface area contributed by atoms with E-state index in [0.717, 1.165) is 52.0 Å². The van der Waals surface area contributed by atoms with Crippen molar-refractivity contribution in [2.45, 2.75) is 38.3 Å². The van der Waals surface area contributed by atoms with Crippen LogP contribution in [0.4, 0.5) is 5.69 Å². The molecule has 2 N–H and O–H groups in total. The topological polar surface area (TPSA) is 58.8 Å². The number of nitrogens with two attached hydrogens (primary N) is 1. The molecule has 0 aromatic heterocycles. The summed E-state index contributed by atoms with van der Waals surface area (Å²) in [7, 11) is 1.92. The lowest BCUT2D eigenvalue weighted by molar-refractivity contribution is -0.135. The zero-order valence-corrected chi connectivity index (χ0v) is 14.6. The summed E-state index contributed by atoms with van der Waals surface area (Å²) in [6, 6.07) is 8.57. The Kier molecular flexibility index (Phi) is 5.74. The average Bonchev–Trinajstić information content (AvgIpc) is 2.62. The summed E-state index contributed by atoms with van der Waals surface area (Å²) in [5.74, 6) is 0.330. The molecule has 0 spiro atoms. The van der Waals surface area contributed by atoms with Crippen molar-refractivity contribution in [3.8, 4) is 0 Å². The van der Waals surface area contributed by atoms with E-state index in [0.29, 0.717) is 6.54 Å². The molecule has 1 aromatic rings. The van der Waals surface area contributed by atoms with Crippen LogP contribution in [-0.4, -0.2) is 50.2 Å². The molecule has 2 aliphatic rings. The number of ether oxygens (including phenoxy) is 1. The van der Waals surface area contributed by atoms with Crippen LogP contribution in [-0.2, 0) is 16.1 Å². The van der Waals surface area contributed by atoms with Crippen LogP contribution in [0.5, 0.6) is 0 Å². The lowest BCUT2D eigenvalue weighted by Crippen LogP contribution is -2.39. The van der Waals surface area contributed by atoms with E-state index in [1.165, 1.54) is 11.3 Å². The number of benzene rings is 1. The molecular weight excluding hydrogens is 302 g/mol. The molecule has 5 heteroatoms. The minimum atomic E-state index is 0.0919. The van der Waals surface area contributed by atoms with E-state index in [1.54, 1.807) is 0 Å². The van der Waals surface area contributed by atoms with Crippen molar-refractivity contribution in [2.24, 2.45) is 11.7 Å². The summed E-state index contributed by atoms with van der Waals surface area (Å²) >= 11 is 0. The third-order valence-electron chi connectivity index (χ3n) is 5.19. The number of morpholine rings is 1. The standard InChI is InChI=1S/C19H29N3O2/c1-21(19(23)15-6-4-7-17(20)13-15)14-16-5-2-3-8-18(16)22-9-11-24-12-10-22/h2-3,5,8,15,17H,4,6-7,9-14,20H2,1H3/t15-,17-/m1/s1. The first-order chi connectivity index (χ1) is 11.6. The first-order valence-electron chi connectivity index (χ1n) is 9.06. The second kappa shape index (κ2) is 7.99. The van der Waals surface area contributed by atoms with Crippen LogP contribution in [0.2, 0.25) is 0 Å². The Morgan fingerprint density at radius 1 is 1.29 bits per heavy atom. The SMILES string of the molecule is CN(Cc1ccccc1N1CCOCC1)C(=O)[C@@H]1CCC[C@@H](N)C1. The van der Waals surface area contributed by atoms with Crippen LogP contribution in [0, 0.1) is 5.92 Å². The molecule has 5 nitrogen and oxygen atoms in total. The van der Waals surface area contributed by atoms with Crippen LogP contribution >= 0.6 is 0 Å². The van der Waals surface area contributed by atoms with Gasteiger partial charge in [-0.2, -0.15) is 0 Å². The molecular formula is C19H29N3O2. The van der Waals surface area contributed by atoms with Crippen molar-refractivity contribution < 1.29 is 9.53 Å². The van der Waals surface area contributed by atoms with E-state index in [4.69, 9.17) is 10.5 Å². The van der Waals surface area contributed by atoms with Crippen LogP contribution in [0.1, 0.15) is 31.2 Å². The second-order valence-electron chi connectivity index (χ2n) is 7.05. The number of rotatable bonds is 4. The normalized spacial score (nSPS) is 24.7. The quantitative estimate of drug-likeness (QED) is 0.917. The Balaban J connectivity index is 1.67. The predicted molar refractivity (Wildman–Crippen MR) is 95.9 cm³/mol. The summed E-state index contributed by atoms with van der Waals surface area (Å²) in [5.41, 5.74) is 8.48. The monoisotopic (exact) mass is 331 g/mol. The van der Waals surface area contributed by atoms with E-state index in [2.05, 4.69) is 23.1 Å². The zero-order chi connectivity index (χ0) is 16.9. The van der Waals surface area contributed by atoms with Crippen LogP contribution in [0.3, 0.4) is 0 Å². The highest BCUT2D eigenvalue weighted by Crippen LogP contribution is 2.27. The average molecular weight is 331 g/mol. The minimum Gasteiger partial charge on any atom is -0.378 e. The number of anilines is 1. The molecule has 1 saturated heterocycles. The van der Waals surface area contributed by atoms with Gasteiger partial charge in [0.15, 0.2) is 0 Å². The number of para-hydroxylation sites is 1. The molecule has 0 radical (unpaired) electrons. The van der Waals surface area contributed by atoms with Gasteiger partial charge in [-0.05, 0) is 30.9 Å². The van der Waals surface area contributed by atoms with Gasteiger partial charge in [0.2, 0.25) is 5.91 Å². The Labute approximate surface area is 144 Å². The van der Waals surface area contributed by atoms with Crippen molar-refractivity contribution >= 4 is 11.6 Å². The molecule has 0 bridgehead atoms. The summed E-state index contributed by atoms with van der Waals surface area (Å²) < 4.78 is 5.45. The maximum absolute atomic E-state index is 12.8. The van der Waals surface area contributed by atoms with Gasteiger partial charge in [-0.15, -0.1) is 0 Å². The maximum Gasteiger partial charge on any atom is 0.225 e. The van der Waals surface area contributed by atoms with E-state index < -0.39 is 0 Å². The van der Waals surface area contributed by atoms with Gasteiger partial charge in [-0.25, -0.2) is 0 Å². The Morgan fingerprint density at radius 2 is 2.04 bits per heavy atom. The maximum atomic E-state index is 12.8. The first kappa shape index (κ1) is 17.2. The number of carbonyl (C=O) groups is 1. The van der Waals surface area contributed by atoms with Gasteiger partial charge in [-0.3, -0.25) is 4.79 Å². The third-order valence-corrected chi connectivity index (χ3v) is 5.19. The summed E-state index contributed by atoms with van der Waals surface area (Å²) in [4.78, 5) is 17.0. The second-order valence-corrected chi connectivity index (χ2v) is 7.05. The van der Waals surface area contributed by atoms with E-state index in [-0.39, 0.29) is 17.9 Å². The smallest absolute Gasteiger partial charge is 0.225 e. The Hall–Kier alpha value is -1.59. The van der Waals surface area contributed by atoms with Crippen LogP contribution in [0.25, 0.3) is 0 Å². The minimum absolute atomic E-state index is 0.0919. The fourth-order valence-electron chi connectivity index (χ4n) is 3.85. The van der Waals surface area contributed by atoms with Gasteiger partial charge in [0.05, 0.1) is 13.2 Å². The highest BCUT2D eigenvalue weighted by Gasteiger charge is 2.28. The molecule has 0 unspecified atom stereocenters. The molecule has 2 fully saturated rings. The first-order valence-corrected chi connectivity index (χ1v) is 9.06. The summed E-state index contributed by atoms with van der Waals surface area (Å²) in [6.45, 7) is 4.00. The molecule has 1 saturated carbocycles. The van der Waals surface area contributed by atoms with Crippen molar-refractivity contribution in [2.75, 3.05) is 38.3 Å². The van der Waals surface area contributed by atoms with E-state index in [1.807, 2.05) is 18.0 Å². The van der Waals surface area contributed by atoms with Gasteiger partial charge < -0.3 is 20.3 Å². The van der Waals surface area contributed by atoms with Gasteiger partial charge in [0, 0.05) is 44.3 Å². The lowest BCUT2D eigenvalue weighted by atomic mass is 9.85. The van der Waals surface area contributed by atoms with E-state index >= 15 is 0 Å². The molecule has 1 aliphatic carbocycles. The molecule has 1 aromatic carbocycles. The van der Waals surface area contributed by atoms with Crippen molar-refractivity contribution in [3.63, 3.8) is 0 Å². The van der Waals surface area contributed by atoms with Crippen molar-refractivity contribution in [1.82, 2.24) is 4.90 Å². The predicted octanol–water partition coefficient (Wildman–Crippen LogP) is 2.00. The molecule has 132 valence electrons. The molecule has 1 aliphatic heterocycles. The van der Waals surface area contributed by atoms with Gasteiger partial charge in [0.25, 0.3) is 0 Å². The highest BCUT2D eigenvalue weighted by molar-refractivity contribution is 5.79. The highest BCUT2D eigenvalue weighted by atomic mass is 16.5. The number of amides is 1. The fourth-order valence-corrected chi connectivity index (χ4v) is 3.85. The third kappa shape index (κ3) is 4.08. The van der Waals surface area contributed by atoms with Crippen molar-refractivity contribution in [1.29, 1.82) is 0 Å². The summed E-state index contributed by atoms with van der Waals surface area (Å²) in [5, 5.41) is 0. The molecule has 1 heterocycles. The molecule has 24 heavy (non-hydrogen) atoms. The van der Waals surface area contributed by atoms with Gasteiger partial charge in [-0.1, -0.05) is 24.6 Å². The number of nitrogens with zero attached hydrogens (tertiary/aromatic N) is 2. The summed E-state index contributed by atoms with van der Waals surface area (Å²) in [6.07, 6.45) is 3.92. The Bertz CT molecular complexity index is 557. The van der Waals surface area contributed by atoms with Crippen LogP contribution < -0.4 is 10.6 Å². The number of hydrogen-bond donors (Lipinski definition) is 1. The number of carbonyl (C=O) groups excluding carboxylic acids is 1. The fraction of sp³-hybridized carbons (Fsp3) is 0.632. The van der Waals surface area contributed by atoms with Crippen molar-refractivity contribution in [3.05, 3.63) is 29.8 Å². The van der Waals surface area contributed by atoms with E-state index in [9.17, 15) is 4.79 Å². The van der Waals surface area contributed by atoms with Gasteiger partial charge in [0.1, 0.15) is 0 Å². The Morgan fingerprint density at radius 3 is 2.79 bits per heavy atom. The zero-order valence-electron chi connectivity index (χ0n) is 14.6. The van der Waals surface area contributed by atoms with Crippen LogP contribution in [0.15, 0.2) is 24.3 Å². The molecule has 1 amide bonds. The lowest BCUT2D eigenvalue weighted by Gasteiger charge is -2.33. The van der Waals surface area contributed by atoms with Gasteiger partial charge >= 0.3 is 0 Å². The molecule has 3 rings (SSSR count). The largest absolute Gasteiger partial charge is 0.378 e. The molecule has 2 atom stereocenters.